The fourth-order valence-corrected chi connectivity index (χ4v) is 3.66. The third-order valence-electron chi connectivity index (χ3n) is 4.96. The molecule has 1 N–H and O–H groups in total. The van der Waals surface area contributed by atoms with E-state index in [-0.39, 0.29) is 30.6 Å². The number of amides is 1. The number of nitrogens with zero attached hydrogens (tertiary/aromatic N) is 1. The Hall–Kier alpha value is -1.14. The van der Waals surface area contributed by atoms with Gasteiger partial charge in [-0.25, -0.2) is 0 Å². The second kappa shape index (κ2) is 8.64. The number of rotatable bonds is 7. The molecule has 6 heteroatoms. The number of carbonyl (C=O) groups is 2. The Kier molecular flexibility index (Phi) is 6.84. The van der Waals surface area contributed by atoms with Crippen molar-refractivity contribution >= 4 is 11.9 Å². The number of hydrogen-bond donors (Lipinski definition) is 1. The van der Waals surface area contributed by atoms with E-state index in [0.29, 0.717) is 19.4 Å². The summed E-state index contributed by atoms with van der Waals surface area (Å²) < 4.78 is 11.4. The number of aliphatic carboxylic acids is 1. The van der Waals surface area contributed by atoms with Crippen molar-refractivity contribution < 1.29 is 24.2 Å². The molecule has 3 unspecified atom stereocenters. The van der Waals surface area contributed by atoms with Crippen LogP contribution in [0.5, 0.6) is 0 Å². The Balaban J connectivity index is 2.00. The van der Waals surface area contributed by atoms with Crippen molar-refractivity contribution in [3.05, 3.63) is 0 Å². The van der Waals surface area contributed by atoms with Crippen LogP contribution in [0.1, 0.15) is 58.3 Å². The van der Waals surface area contributed by atoms with E-state index in [1.807, 2.05) is 6.92 Å². The van der Waals surface area contributed by atoms with Crippen molar-refractivity contribution in [1.29, 1.82) is 0 Å². The van der Waals surface area contributed by atoms with Gasteiger partial charge in [-0.3, -0.25) is 9.59 Å². The maximum atomic E-state index is 12.9. The van der Waals surface area contributed by atoms with Crippen LogP contribution in [-0.4, -0.2) is 59.9 Å². The van der Waals surface area contributed by atoms with Gasteiger partial charge in [0, 0.05) is 19.7 Å². The molecule has 2 aliphatic rings. The fraction of sp³-hybridized carbons (Fsp3) is 0.882. The van der Waals surface area contributed by atoms with Crippen LogP contribution in [0.3, 0.4) is 0 Å². The third kappa shape index (κ3) is 4.91. The fourth-order valence-electron chi connectivity index (χ4n) is 3.66. The van der Waals surface area contributed by atoms with Gasteiger partial charge in [0.25, 0.3) is 5.91 Å². The molecule has 0 radical (unpaired) electrons. The zero-order valence-electron chi connectivity index (χ0n) is 14.2. The van der Waals surface area contributed by atoms with Crippen molar-refractivity contribution in [2.75, 3.05) is 13.7 Å². The van der Waals surface area contributed by atoms with E-state index in [9.17, 15) is 9.59 Å². The summed E-state index contributed by atoms with van der Waals surface area (Å²) in [6.45, 7) is 2.40. The Morgan fingerprint density at radius 3 is 2.48 bits per heavy atom. The first-order chi connectivity index (χ1) is 11.0. The third-order valence-corrected chi connectivity index (χ3v) is 4.96. The highest BCUT2D eigenvalue weighted by atomic mass is 16.5. The average molecular weight is 327 g/mol. The second-order valence-electron chi connectivity index (χ2n) is 6.63. The quantitative estimate of drug-likeness (QED) is 0.776. The van der Waals surface area contributed by atoms with Gasteiger partial charge in [-0.2, -0.15) is 0 Å². The summed E-state index contributed by atoms with van der Waals surface area (Å²) in [5, 5.41) is 9.08. The van der Waals surface area contributed by atoms with Gasteiger partial charge < -0.3 is 19.5 Å². The lowest BCUT2D eigenvalue weighted by molar-refractivity contribution is -0.151. The highest BCUT2D eigenvalue weighted by Crippen LogP contribution is 2.27. The first-order valence-electron chi connectivity index (χ1n) is 8.75. The van der Waals surface area contributed by atoms with Gasteiger partial charge in [0.1, 0.15) is 6.10 Å². The predicted molar refractivity (Wildman–Crippen MR) is 85.2 cm³/mol. The van der Waals surface area contributed by atoms with Gasteiger partial charge in [-0.1, -0.05) is 26.2 Å². The van der Waals surface area contributed by atoms with Crippen LogP contribution in [0.4, 0.5) is 0 Å². The molecule has 0 aromatic carbocycles. The van der Waals surface area contributed by atoms with E-state index in [1.54, 1.807) is 12.0 Å². The number of methoxy groups -OCH3 is 1. The molecule has 132 valence electrons. The van der Waals surface area contributed by atoms with Gasteiger partial charge in [-0.15, -0.1) is 0 Å². The topological polar surface area (TPSA) is 76.1 Å². The molecule has 1 saturated carbocycles. The lowest BCUT2D eigenvalue weighted by Crippen LogP contribution is -2.45. The van der Waals surface area contributed by atoms with E-state index in [2.05, 4.69) is 0 Å². The highest BCUT2D eigenvalue weighted by Gasteiger charge is 2.39. The molecule has 2 rings (SSSR count). The van der Waals surface area contributed by atoms with Crippen LogP contribution in [0.25, 0.3) is 0 Å². The molecule has 0 spiro atoms. The summed E-state index contributed by atoms with van der Waals surface area (Å²) in [7, 11) is 1.60. The van der Waals surface area contributed by atoms with E-state index in [0.717, 1.165) is 25.7 Å². The summed E-state index contributed by atoms with van der Waals surface area (Å²) >= 11 is 0. The number of carbonyl (C=O) groups excluding carboxylic acids is 1. The van der Waals surface area contributed by atoms with Crippen LogP contribution >= 0.6 is 0 Å². The number of carboxylic acid groups (broad SMARTS) is 1. The van der Waals surface area contributed by atoms with Gasteiger partial charge in [-0.05, 0) is 25.7 Å². The Labute approximate surface area is 138 Å². The zero-order valence-corrected chi connectivity index (χ0v) is 14.2. The monoisotopic (exact) mass is 327 g/mol. The molecule has 0 aromatic rings. The minimum absolute atomic E-state index is 0.0362. The van der Waals surface area contributed by atoms with Crippen molar-refractivity contribution in [1.82, 2.24) is 4.90 Å². The molecule has 1 aliphatic carbocycles. The van der Waals surface area contributed by atoms with Gasteiger partial charge in [0.2, 0.25) is 0 Å². The molecule has 1 saturated heterocycles. The van der Waals surface area contributed by atoms with Crippen molar-refractivity contribution in [3.63, 3.8) is 0 Å². The Morgan fingerprint density at radius 1 is 1.22 bits per heavy atom. The van der Waals surface area contributed by atoms with Crippen molar-refractivity contribution in [2.45, 2.75) is 82.6 Å². The number of carboxylic acids is 1. The van der Waals surface area contributed by atoms with Gasteiger partial charge in [0.05, 0.1) is 18.6 Å². The number of ether oxygens (including phenoxy) is 2. The van der Waals surface area contributed by atoms with Crippen molar-refractivity contribution in [2.24, 2.45) is 0 Å². The number of hydrogen-bond acceptors (Lipinski definition) is 4. The molecule has 1 aliphatic heterocycles. The van der Waals surface area contributed by atoms with Crippen LogP contribution in [0.15, 0.2) is 0 Å². The summed E-state index contributed by atoms with van der Waals surface area (Å²) in [6.07, 6.45) is 6.36. The second-order valence-corrected chi connectivity index (χ2v) is 6.63. The maximum absolute atomic E-state index is 12.9. The first kappa shape index (κ1) is 18.2. The summed E-state index contributed by atoms with van der Waals surface area (Å²) in [5.41, 5.74) is 0. The minimum atomic E-state index is -0.884. The van der Waals surface area contributed by atoms with Gasteiger partial charge >= 0.3 is 5.97 Å². The number of likely N-dealkylation sites (tertiary alicyclic amines) is 1. The first-order valence-corrected chi connectivity index (χ1v) is 8.75. The highest BCUT2D eigenvalue weighted by molar-refractivity contribution is 5.82. The Bertz CT molecular complexity index is 408. The SMILES string of the molecule is CCC(OC1CCCCC1)C(=O)N1CC(OC)CC1CC(=O)O. The summed E-state index contributed by atoms with van der Waals surface area (Å²) in [4.78, 5) is 25.6. The molecular formula is C17H29NO5. The summed E-state index contributed by atoms with van der Waals surface area (Å²) in [6, 6.07) is -0.297. The molecule has 2 fully saturated rings. The molecule has 0 aromatic heterocycles. The molecule has 0 bridgehead atoms. The molecule has 3 atom stereocenters. The average Bonchev–Trinajstić information content (AvgIpc) is 2.95. The maximum Gasteiger partial charge on any atom is 0.305 e. The molecule has 1 heterocycles. The zero-order chi connectivity index (χ0) is 16.8. The van der Waals surface area contributed by atoms with E-state index in [4.69, 9.17) is 14.6 Å². The minimum Gasteiger partial charge on any atom is -0.481 e. The lowest BCUT2D eigenvalue weighted by atomic mass is 9.97. The molecular weight excluding hydrogens is 298 g/mol. The predicted octanol–water partition coefficient (Wildman–Crippen LogP) is 2.20. The molecule has 23 heavy (non-hydrogen) atoms. The smallest absolute Gasteiger partial charge is 0.305 e. The van der Waals surface area contributed by atoms with Crippen LogP contribution in [-0.2, 0) is 19.1 Å². The van der Waals surface area contributed by atoms with Crippen molar-refractivity contribution in [3.8, 4) is 0 Å². The normalized spacial score (nSPS) is 27.1. The molecule has 1 amide bonds. The van der Waals surface area contributed by atoms with Crippen LogP contribution in [0.2, 0.25) is 0 Å². The standard InChI is InChI=1S/C17H29NO5/c1-3-15(23-13-7-5-4-6-8-13)17(21)18-11-14(22-2)9-12(18)10-16(19)20/h12-15H,3-11H2,1-2H3,(H,19,20). The largest absolute Gasteiger partial charge is 0.481 e. The Morgan fingerprint density at radius 2 is 1.91 bits per heavy atom. The van der Waals surface area contributed by atoms with Crippen LogP contribution in [0, 0.1) is 0 Å². The van der Waals surface area contributed by atoms with Gasteiger partial charge in [0.15, 0.2) is 0 Å². The van der Waals surface area contributed by atoms with E-state index >= 15 is 0 Å². The van der Waals surface area contributed by atoms with E-state index in [1.165, 1.54) is 6.42 Å². The van der Waals surface area contributed by atoms with Crippen LogP contribution < -0.4 is 0 Å². The lowest BCUT2D eigenvalue weighted by Gasteiger charge is -2.31. The molecule has 6 nitrogen and oxygen atoms in total. The summed E-state index contributed by atoms with van der Waals surface area (Å²) in [5.74, 6) is -0.963. The van der Waals surface area contributed by atoms with E-state index < -0.39 is 12.1 Å².